The van der Waals surface area contributed by atoms with E-state index in [0.29, 0.717) is 0 Å². The van der Waals surface area contributed by atoms with Gasteiger partial charge in [-0.3, -0.25) is 4.79 Å². The zero-order valence-corrected chi connectivity index (χ0v) is 9.67. The van der Waals surface area contributed by atoms with Gasteiger partial charge in [-0.05, 0) is 23.8 Å². The Kier molecular flexibility index (Phi) is 5.26. The second kappa shape index (κ2) is 6.51. The molecular weight excluding hydrogens is 208 g/mol. The lowest BCUT2D eigenvalue weighted by Crippen LogP contribution is -2.18. The van der Waals surface area contributed by atoms with Gasteiger partial charge in [0.1, 0.15) is 5.25 Å². The molecular formula is C12H16O2S. The van der Waals surface area contributed by atoms with Gasteiger partial charge < -0.3 is 5.11 Å². The quantitative estimate of drug-likeness (QED) is 0.795. The van der Waals surface area contributed by atoms with E-state index in [4.69, 9.17) is 5.11 Å². The van der Waals surface area contributed by atoms with E-state index >= 15 is 0 Å². The molecule has 0 radical (unpaired) electrons. The van der Waals surface area contributed by atoms with Gasteiger partial charge in [-0.25, -0.2) is 0 Å². The van der Waals surface area contributed by atoms with Gasteiger partial charge in [-0.1, -0.05) is 37.6 Å². The predicted octanol–water partition coefficient (Wildman–Crippen LogP) is 3.37. The fourth-order valence-corrected chi connectivity index (χ4v) is 2.23. The number of rotatable bonds is 4. The lowest BCUT2D eigenvalue weighted by Gasteiger charge is -2.14. The minimum atomic E-state index is -0.748. The molecule has 1 aliphatic rings. The Morgan fingerprint density at radius 2 is 2.27 bits per heavy atom. The van der Waals surface area contributed by atoms with Crippen LogP contribution in [0.25, 0.3) is 0 Å². The third-order valence-corrected chi connectivity index (χ3v) is 3.30. The molecule has 0 aromatic heterocycles. The largest absolute Gasteiger partial charge is 0.480 e. The number of carboxylic acid groups (broad SMARTS) is 1. The zero-order chi connectivity index (χ0) is 11.1. The summed E-state index contributed by atoms with van der Waals surface area (Å²) in [6.45, 7) is 2.11. The van der Waals surface area contributed by atoms with E-state index in [2.05, 4.69) is 6.92 Å². The first-order valence-corrected chi connectivity index (χ1v) is 6.10. The molecule has 0 aromatic rings. The van der Waals surface area contributed by atoms with E-state index in [-0.39, 0.29) is 0 Å². The zero-order valence-electron chi connectivity index (χ0n) is 8.85. The minimum absolute atomic E-state index is 0.419. The molecule has 2 nitrogen and oxygen atoms in total. The van der Waals surface area contributed by atoms with Crippen LogP contribution in [-0.4, -0.2) is 16.3 Å². The van der Waals surface area contributed by atoms with Gasteiger partial charge in [-0.2, -0.15) is 0 Å². The van der Waals surface area contributed by atoms with E-state index in [1.807, 2.05) is 29.7 Å². The Hall–Kier alpha value is -0.960. The van der Waals surface area contributed by atoms with Crippen LogP contribution < -0.4 is 0 Å². The van der Waals surface area contributed by atoms with Crippen LogP contribution in [0.4, 0.5) is 0 Å². The molecule has 0 aliphatic carbocycles. The van der Waals surface area contributed by atoms with E-state index in [1.165, 1.54) is 11.8 Å². The highest BCUT2D eigenvalue weighted by atomic mass is 32.2. The van der Waals surface area contributed by atoms with Crippen molar-refractivity contribution in [2.24, 2.45) is 0 Å². The molecule has 1 atom stereocenters. The van der Waals surface area contributed by atoms with Gasteiger partial charge in [0.05, 0.1) is 0 Å². The Bertz CT molecular complexity index is 303. The average Bonchev–Trinajstić information content (AvgIpc) is 2.15. The topological polar surface area (TPSA) is 37.3 Å². The Morgan fingerprint density at radius 3 is 2.93 bits per heavy atom. The van der Waals surface area contributed by atoms with Crippen molar-refractivity contribution in [2.45, 2.75) is 31.4 Å². The molecule has 0 amide bonds. The first-order valence-electron chi connectivity index (χ1n) is 5.16. The van der Waals surface area contributed by atoms with Crippen LogP contribution >= 0.6 is 11.8 Å². The summed E-state index contributed by atoms with van der Waals surface area (Å²) < 4.78 is 0. The van der Waals surface area contributed by atoms with E-state index in [0.717, 1.165) is 24.8 Å². The smallest absolute Gasteiger partial charge is 0.321 e. The van der Waals surface area contributed by atoms with Crippen LogP contribution in [-0.2, 0) is 4.79 Å². The highest BCUT2D eigenvalue weighted by molar-refractivity contribution is 8.03. The summed E-state index contributed by atoms with van der Waals surface area (Å²) >= 11 is 1.36. The Labute approximate surface area is 94.8 Å². The number of allylic oxidation sites excluding steroid dienone is 4. The predicted molar refractivity (Wildman–Crippen MR) is 64.9 cm³/mol. The van der Waals surface area contributed by atoms with Gasteiger partial charge in [0.25, 0.3) is 0 Å². The molecule has 0 fully saturated rings. The summed E-state index contributed by atoms with van der Waals surface area (Å²) in [6, 6.07) is 0. The third-order valence-electron chi connectivity index (χ3n) is 2.21. The van der Waals surface area contributed by atoms with Crippen molar-refractivity contribution in [3.63, 3.8) is 0 Å². The normalized spacial score (nSPS) is 20.6. The second-order valence-electron chi connectivity index (χ2n) is 3.41. The summed E-state index contributed by atoms with van der Waals surface area (Å²) in [5, 5.41) is 10.5. The lowest BCUT2D eigenvalue weighted by atomic mass is 10.0. The molecule has 1 unspecified atom stereocenters. The van der Waals surface area contributed by atoms with Crippen LogP contribution in [0.2, 0.25) is 0 Å². The molecule has 1 N–H and O–H groups in total. The van der Waals surface area contributed by atoms with Gasteiger partial charge in [-0.15, -0.1) is 11.8 Å². The number of carbonyl (C=O) groups is 1. The number of thioether (sulfide) groups is 1. The molecule has 15 heavy (non-hydrogen) atoms. The number of unbranched alkanes of at least 4 members (excludes halogenated alkanes) is 1. The van der Waals surface area contributed by atoms with Gasteiger partial charge in [0.15, 0.2) is 0 Å². The molecule has 1 heterocycles. The van der Waals surface area contributed by atoms with Crippen molar-refractivity contribution >= 4 is 17.7 Å². The van der Waals surface area contributed by atoms with E-state index in [9.17, 15) is 4.79 Å². The van der Waals surface area contributed by atoms with Gasteiger partial charge in [0, 0.05) is 0 Å². The lowest BCUT2D eigenvalue weighted by molar-refractivity contribution is -0.135. The Morgan fingerprint density at radius 1 is 1.47 bits per heavy atom. The first kappa shape index (κ1) is 12.1. The van der Waals surface area contributed by atoms with Crippen LogP contribution in [0.5, 0.6) is 0 Å². The number of carboxylic acids is 1. The van der Waals surface area contributed by atoms with Crippen molar-refractivity contribution in [3.05, 3.63) is 35.3 Å². The number of aliphatic carboxylic acids is 1. The Balaban J connectivity index is 2.78. The van der Waals surface area contributed by atoms with Crippen LogP contribution in [0, 0.1) is 0 Å². The highest BCUT2D eigenvalue weighted by Gasteiger charge is 2.21. The summed E-state index contributed by atoms with van der Waals surface area (Å²) in [6.07, 6.45) is 10.7. The van der Waals surface area contributed by atoms with Gasteiger partial charge in [0.2, 0.25) is 0 Å². The fourth-order valence-electron chi connectivity index (χ4n) is 1.40. The maximum Gasteiger partial charge on any atom is 0.321 e. The summed E-state index contributed by atoms with van der Waals surface area (Å²) in [7, 11) is 0. The van der Waals surface area contributed by atoms with Crippen molar-refractivity contribution in [1.29, 1.82) is 0 Å². The molecule has 0 saturated carbocycles. The van der Waals surface area contributed by atoms with Crippen LogP contribution in [0.15, 0.2) is 35.3 Å². The van der Waals surface area contributed by atoms with E-state index < -0.39 is 11.2 Å². The first-order chi connectivity index (χ1) is 7.25. The van der Waals surface area contributed by atoms with Crippen LogP contribution in [0.1, 0.15) is 26.2 Å². The van der Waals surface area contributed by atoms with Crippen LogP contribution in [0.3, 0.4) is 0 Å². The fraction of sp³-hybridized carbons (Fsp3) is 0.417. The SMILES string of the molecule is CCCCC1=CC=CC=CSC1C(=O)O. The summed E-state index contributed by atoms with van der Waals surface area (Å²) in [4.78, 5) is 11.1. The van der Waals surface area contributed by atoms with Crippen molar-refractivity contribution in [1.82, 2.24) is 0 Å². The van der Waals surface area contributed by atoms with Crippen molar-refractivity contribution < 1.29 is 9.90 Å². The molecule has 0 bridgehead atoms. The maximum atomic E-state index is 11.1. The average molecular weight is 224 g/mol. The number of hydrogen-bond donors (Lipinski definition) is 1. The summed E-state index contributed by atoms with van der Waals surface area (Å²) in [5.74, 6) is -0.748. The second-order valence-corrected chi connectivity index (χ2v) is 4.43. The highest BCUT2D eigenvalue weighted by Crippen LogP contribution is 2.26. The molecule has 0 aromatic carbocycles. The number of hydrogen-bond acceptors (Lipinski definition) is 2. The standard InChI is InChI=1S/C12H16O2S/c1-2-3-7-10-8-5-4-6-9-15-11(10)12(13)14/h4-6,8-9,11H,2-3,7H2,1H3,(H,13,14). The molecule has 3 heteroatoms. The van der Waals surface area contributed by atoms with Crippen molar-refractivity contribution in [2.75, 3.05) is 0 Å². The minimum Gasteiger partial charge on any atom is -0.480 e. The molecule has 0 spiro atoms. The van der Waals surface area contributed by atoms with Gasteiger partial charge >= 0.3 is 5.97 Å². The monoisotopic (exact) mass is 224 g/mol. The third kappa shape index (κ3) is 3.96. The summed E-state index contributed by atoms with van der Waals surface area (Å²) in [5.41, 5.74) is 1.01. The molecule has 1 aliphatic heterocycles. The van der Waals surface area contributed by atoms with E-state index in [1.54, 1.807) is 0 Å². The maximum absolute atomic E-state index is 11.1. The molecule has 1 rings (SSSR count). The molecule has 82 valence electrons. The molecule has 0 saturated heterocycles. The van der Waals surface area contributed by atoms with Crippen molar-refractivity contribution in [3.8, 4) is 0 Å².